The van der Waals surface area contributed by atoms with Crippen LogP contribution in [0.25, 0.3) is 0 Å². The number of anilines is 1. The van der Waals surface area contributed by atoms with Gasteiger partial charge in [0, 0.05) is 31.2 Å². The van der Waals surface area contributed by atoms with Gasteiger partial charge in [0.2, 0.25) is 5.91 Å². The molecule has 0 saturated carbocycles. The molecule has 1 amide bonds. The average molecular weight is 290 g/mol. The highest BCUT2D eigenvalue weighted by atomic mass is 16.5. The van der Waals surface area contributed by atoms with E-state index in [-0.39, 0.29) is 17.9 Å². The third kappa shape index (κ3) is 4.19. The van der Waals surface area contributed by atoms with Gasteiger partial charge in [0.25, 0.3) is 0 Å². The summed E-state index contributed by atoms with van der Waals surface area (Å²) in [6, 6.07) is 7.90. The number of nitrogens with zero attached hydrogens (tertiary/aromatic N) is 1. The van der Waals surface area contributed by atoms with Crippen LogP contribution in [0.5, 0.6) is 0 Å². The molecule has 1 aromatic rings. The van der Waals surface area contributed by atoms with Crippen LogP contribution in [0.3, 0.4) is 0 Å². The number of nitrogens with two attached hydrogens (primary N) is 1. The Balaban J connectivity index is 2.01. The smallest absolute Gasteiger partial charge is 0.225 e. The summed E-state index contributed by atoms with van der Waals surface area (Å²) in [5.74, 6) is 0.462. The molecule has 2 rings (SSSR count). The van der Waals surface area contributed by atoms with Crippen LogP contribution in [0, 0.1) is 0 Å². The van der Waals surface area contributed by atoms with E-state index in [2.05, 4.69) is 15.6 Å². The van der Waals surface area contributed by atoms with Crippen molar-refractivity contribution in [1.82, 2.24) is 5.32 Å². The largest absolute Gasteiger partial charge is 0.383 e. The van der Waals surface area contributed by atoms with E-state index in [9.17, 15) is 4.79 Å². The van der Waals surface area contributed by atoms with Crippen molar-refractivity contribution in [2.24, 2.45) is 10.7 Å². The summed E-state index contributed by atoms with van der Waals surface area (Å²) >= 11 is 0. The summed E-state index contributed by atoms with van der Waals surface area (Å²) in [7, 11) is 1.64. The van der Waals surface area contributed by atoms with E-state index in [1.54, 1.807) is 7.11 Å². The predicted molar refractivity (Wildman–Crippen MR) is 83.4 cm³/mol. The number of hydrogen-bond acceptors (Lipinski definition) is 3. The zero-order valence-corrected chi connectivity index (χ0v) is 12.4. The number of ether oxygens (including phenoxy) is 1. The van der Waals surface area contributed by atoms with Crippen LogP contribution >= 0.6 is 0 Å². The number of nitrogens with one attached hydrogen (secondary N) is 2. The van der Waals surface area contributed by atoms with Crippen molar-refractivity contribution < 1.29 is 9.53 Å². The predicted octanol–water partition coefficient (Wildman–Crippen LogP) is 1.05. The maximum Gasteiger partial charge on any atom is 0.225 e. The Morgan fingerprint density at radius 1 is 1.57 bits per heavy atom. The Kier molecular flexibility index (Phi) is 5.16. The molecule has 2 atom stereocenters. The summed E-state index contributed by atoms with van der Waals surface area (Å²) in [5.41, 5.74) is 7.84. The summed E-state index contributed by atoms with van der Waals surface area (Å²) in [6.07, 6.45) is 0.432. The van der Waals surface area contributed by atoms with Crippen molar-refractivity contribution in [3.8, 4) is 0 Å². The summed E-state index contributed by atoms with van der Waals surface area (Å²) in [4.78, 5) is 16.1. The van der Waals surface area contributed by atoms with Gasteiger partial charge in [-0.25, -0.2) is 0 Å². The second kappa shape index (κ2) is 7.08. The molecule has 1 aliphatic heterocycles. The van der Waals surface area contributed by atoms with E-state index in [4.69, 9.17) is 10.5 Å². The minimum atomic E-state index is 0.0215. The third-order valence-corrected chi connectivity index (χ3v) is 3.40. The molecule has 0 saturated heterocycles. The number of hydrogen-bond donors (Lipinski definition) is 3. The van der Waals surface area contributed by atoms with Gasteiger partial charge in [0.15, 0.2) is 5.96 Å². The van der Waals surface area contributed by atoms with Gasteiger partial charge < -0.3 is 21.1 Å². The van der Waals surface area contributed by atoms with E-state index in [1.807, 2.05) is 31.2 Å². The van der Waals surface area contributed by atoms with Crippen LogP contribution in [-0.2, 0) is 9.53 Å². The molecule has 6 nitrogen and oxygen atoms in total. The molecule has 21 heavy (non-hydrogen) atoms. The van der Waals surface area contributed by atoms with Gasteiger partial charge in [-0.2, -0.15) is 0 Å². The molecule has 0 spiro atoms. The summed E-state index contributed by atoms with van der Waals surface area (Å²) < 4.78 is 5.03. The SMILES string of the molecule is COCC(C)NC(N)=NCC1CC(=O)Nc2ccccc21. The minimum absolute atomic E-state index is 0.0215. The van der Waals surface area contributed by atoms with Crippen LogP contribution < -0.4 is 16.4 Å². The molecule has 1 heterocycles. The van der Waals surface area contributed by atoms with Crippen LogP contribution in [0.15, 0.2) is 29.3 Å². The maximum atomic E-state index is 11.7. The van der Waals surface area contributed by atoms with E-state index >= 15 is 0 Å². The second-order valence-corrected chi connectivity index (χ2v) is 5.26. The highest BCUT2D eigenvalue weighted by Crippen LogP contribution is 2.31. The fourth-order valence-electron chi connectivity index (χ4n) is 2.46. The number of carbonyl (C=O) groups excluding carboxylic acids is 1. The molecule has 0 fully saturated rings. The van der Waals surface area contributed by atoms with Gasteiger partial charge in [-0.3, -0.25) is 9.79 Å². The van der Waals surface area contributed by atoms with E-state index in [0.717, 1.165) is 11.3 Å². The molecule has 4 N–H and O–H groups in total. The van der Waals surface area contributed by atoms with Crippen molar-refractivity contribution in [3.05, 3.63) is 29.8 Å². The standard InChI is InChI=1S/C15H22N4O2/c1-10(9-21-2)18-15(16)17-8-11-7-14(20)19-13-6-4-3-5-12(11)13/h3-6,10-11H,7-9H2,1-2H3,(H,19,20)(H3,16,17,18). The Bertz CT molecular complexity index is 530. The molecule has 1 aromatic carbocycles. The number of amides is 1. The lowest BCUT2D eigenvalue weighted by atomic mass is 9.91. The summed E-state index contributed by atoms with van der Waals surface area (Å²) in [6.45, 7) is 3.02. The van der Waals surface area contributed by atoms with E-state index in [0.29, 0.717) is 25.5 Å². The fraction of sp³-hybridized carbons (Fsp3) is 0.467. The van der Waals surface area contributed by atoms with Gasteiger partial charge >= 0.3 is 0 Å². The third-order valence-electron chi connectivity index (χ3n) is 3.40. The Morgan fingerprint density at radius 3 is 3.10 bits per heavy atom. The van der Waals surface area contributed by atoms with E-state index < -0.39 is 0 Å². The average Bonchev–Trinajstić information content (AvgIpc) is 2.44. The molecule has 0 radical (unpaired) electrons. The Morgan fingerprint density at radius 2 is 2.33 bits per heavy atom. The monoisotopic (exact) mass is 290 g/mol. The second-order valence-electron chi connectivity index (χ2n) is 5.26. The van der Waals surface area contributed by atoms with Gasteiger partial charge in [0.05, 0.1) is 13.2 Å². The molecule has 2 unspecified atom stereocenters. The van der Waals surface area contributed by atoms with Crippen LogP contribution in [0.2, 0.25) is 0 Å². The topological polar surface area (TPSA) is 88.7 Å². The van der Waals surface area contributed by atoms with Gasteiger partial charge in [0.1, 0.15) is 0 Å². The quantitative estimate of drug-likeness (QED) is 0.558. The molecule has 6 heteroatoms. The van der Waals surface area contributed by atoms with Crippen molar-refractivity contribution in [3.63, 3.8) is 0 Å². The molecular formula is C15H22N4O2. The number of benzene rings is 1. The zero-order valence-electron chi connectivity index (χ0n) is 12.4. The number of rotatable bonds is 5. The first kappa shape index (κ1) is 15.3. The Hall–Kier alpha value is -2.08. The fourth-order valence-corrected chi connectivity index (χ4v) is 2.46. The van der Waals surface area contributed by atoms with Crippen LogP contribution in [0.1, 0.15) is 24.8 Å². The lowest BCUT2D eigenvalue weighted by Gasteiger charge is -2.24. The van der Waals surface area contributed by atoms with Gasteiger partial charge in [-0.1, -0.05) is 18.2 Å². The molecule has 114 valence electrons. The van der Waals surface area contributed by atoms with Crippen molar-refractivity contribution >= 4 is 17.6 Å². The number of fused-ring (bicyclic) bond motifs is 1. The highest BCUT2D eigenvalue weighted by Gasteiger charge is 2.24. The van der Waals surface area contributed by atoms with Crippen molar-refractivity contribution in [1.29, 1.82) is 0 Å². The minimum Gasteiger partial charge on any atom is -0.383 e. The molecular weight excluding hydrogens is 268 g/mol. The number of aliphatic imine (C=N–C) groups is 1. The van der Waals surface area contributed by atoms with Crippen LogP contribution in [0.4, 0.5) is 5.69 Å². The van der Waals surface area contributed by atoms with Gasteiger partial charge in [-0.05, 0) is 18.6 Å². The summed E-state index contributed by atoms with van der Waals surface area (Å²) in [5, 5.41) is 5.93. The van der Waals surface area contributed by atoms with Crippen molar-refractivity contribution in [2.75, 3.05) is 25.6 Å². The first-order valence-corrected chi connectivity index (χ1v) is 7.04. The van der Waals surface area contributed by atoms with Crippen molar-refractivity contribution in [2.45, 2.75) is 25.3 Å². The van der Waals surface area contributed by atoms with Crippen LogP contribution in [-0.4, -0.2) is 38.2 Å². The zero-order chi connectivity index (χ0) is 15.2. The number of guanidine groups is 1. The Labute approximate surface area is 124 Å². The van der Waals surface area contributed by atoms with Gasteiger partial charge in [-0.15, -0.1) is 0 Å². The molecule has 0 bridgehead atoms. The lowest BCUT2D eigenvalue weighted by molar-refractivity contribution is -0.116. The number of methoxy groups -OCH3 is 1. The first-order chi connectivity index (χ1) is 10.1. The highest BCUT2D eigenvalue weighted by molar-refractivity contribution is 5.94. The number of para-hydroxylation sites is 1. The lowest BCUT2D eigenvalue weighted by Crippen LogP contribution is -2.41. The first-order valence-electron chi connectivity index (χ1n) is 7.04. The maximum absolute atomic E-state index is 11.7. The molecule has 0 aromatic heterocycles. The van der Waals surface area contributed by atoms with E-state index in [1.165, 1.54) is 0 Å². The molecule has 0 aliphatic carbocycles. The number of carbonyl (C=O) groups is 1. The normalized spacial score (nSPS) is 19.6. The molecule has 1 aliphatic rings.